The molecule has 1 fully saturated rings. The lowest BCUT2D eigenvalue weighted by Gasteiger charge is -2.44. The van der Waals surface area contributed by atoms with Gasteiger partial charge < -0.3 is 4.74 Å². The van der Waals surface area contributed by atoms with E-state index in [4.69, 9.17) is 4.74 Å². The molecule has 1 heterocycles. The second-order valence-electron chi connectivity index (χ2n) is 7.10. The zero-order valence-corrected chi connectivity index (χ0v) is 12.1. The molecule has 3 aliphatic rings. The SMILES string of the molecule is CC(C)(C)C1=C2CCCC[C@H]2O[C@@H]2CCCC=C12. The monoisotopic (exact) mass is 246 g/mol. The smallest absolute Gasteiger partial charge is 0.0833 e. The molecule has 0 unspecified atom stereocenters. The number of allylic oxidation sites excluding steroid dienone is 1. The highest BCUT2D eigenvalue weighted by molar-refractivity contribution is 5.46. The first-order valence-corrected chi connectivity index (χ1v) is 7.67. The van der Waals surface area contributed by atoms with Crippen molar-refractivity contribution in [3.05, 3.63) is 22.8 Å². The molecule has 0 aromatic carbocycles. The van der Waals surface area contributed by atoms with Crippen LogP contribution in [0.3, 0.4) is 0 Å². The van der Waals surface area contributed by atoms with Gasteiger partial charge in [0, 0.05) is 0 Å². The lowest BCUT2D eigenvalue weighted by Crippen LogP contribution is -2.38. The van der Waals surface area contributed by atoms with Crippen LogP contribution in [-0.4, -0.2) is 12.2 Å². The van der Waals surface area contributed by atoms with Crippen LogP contribution in [0.2, 0.25) is 0 Å². The van der Waals surface area contributed by atoms with Crippen LogP contribution >= 0.6 is 0 Å². The summed E-state index contributed by atoms with van der Waals surface area (Å²) >= 11 is 0. The van der Waals surface area contributed by atoms with E-state index in [-0.39, 0.29) is 5.41 Å². The largest absolute Gasteiger partial charge is 0.366 e. The number of ether oxygens (including phenoxy) is 1. The van der Waals surface area contributed by atoms with Gasteiger partial charge in [0.1, 0.15) is 0 Å². The predicted molar refractivity (Wildman–Crippen MR) is 75.5 cm³/mol. The summed E-state index contributed by atoms with van der Waals surface area (Å²) < 4.78 is 6.39. The summed E-state index contributed by atoms with van der Waals surface area (Å²) in [7, 11) is 0. The van der Waals surface area contributed by atoms with E-state index in [1.165, 1.54) is 44.9 Å². The van der Waals surface area contributed by atoms with Crippen molar-refractivity contribution >= 4 is 0 Å². The maximum Gasteiger partial charge on any atom is 0.0833 e. The molecule has 3 rings (SSSR count). The lowest BCUT2D eigenvalue weighted by atomic mass is 9.70. The topological polar surface area (TPSA) is 9.23 Å². The molecule has 2 atom stereocenters. The van der Waals surface area contributed by atoms with Crippen LogP contribution in [0.4, 0.5) is 0 Å². The second kappa shape index (κ2) is 4.52. The minimum absolute atomic E-state index is 0.274. The van der Waals surface area contributed by atoms with Crippen molar-refractivity contribution < 1.29 is 4.74 Å². The zero-order valence-electron chi connectivity index (χ0n) is 12.1. The molecule has 18 heavy (non-hydrogen) atoms. The van der Waals surface area contributed by atoms with E-state index in [0.717, 1.165) is 0 Å². The summed E-state index contributed by atoms with van der Waals surface area (Å²) in [6.07, 6.45) is 12.3. The Morgan fingerprint density at radius 3 is 2.61 bits per heavy atom. The number of hydrogen-bond acceptors (Lipinski definition) is 1. The van der Waals surface area contributed by atoms with Crippen molar-refractivity contribution in [2.45, 2.75) is 77.9 Å². The maximum absolute atomic E-state index is 6.39. The van der Waals surface area contributed by atoms with E-state index in [0.29, 0.717) is 12.2 Å². The molecule has 1 heteroatoms. The van der Waals surface area contributed by atoms with Crippen molar-refractivity contribution in [3.63, 3.8) is 0 Å². The number of rotatable bonds is 0. The van der Waals surface area contributed by atoms with Crippen LogP contribution < -0.4 is 0 Å². The van der Waals surface area contributed by atoms with Gasteiger partial charge in [-0.2, -0.15) is 0 Å². The van der Waals surface area contributed by atoms with Gasteiger partial charge in [0.2, 0.25) is 0 Å². The Bertz CT molecular complexity index is 394. The van der Waals surface area contributed by atoms with Gasteiger partial charge in [-0.05, 0) is 60.7 Å². The summed E-state index contributed by atoms with van der Waals surface area (Å²) in [5.41, 5.74) is 5.11. The van der Waals surface area contributed by atoms with Gasteiger partial charge >= 0.3 is 0 Å². The first-order valence-electron chi connectivity index (χ1n) is 7.67. The van der Waals surface area contributed by atoms with Crippen molar-refractivity contribution in [2.75, 3.05) is 0 Å². The van der Waals surface area contributed by atoms with E-state index >= 15 is 0 Å². The van der Waals surface area contributed by atoms with E-state index in [9.17, 15) is 0 Å². The third kappa shape index (κ3) is 2.07. The first kappa shape index (κ1) is 12.5. The molecule has 0 aromatic heterocycles. The summed E-state index contributed by atoms with van der Waals surface area (Å²) in [6.45, 7) is 7.12. The molecule has 0 N–H and O–H groups in total. The number of hydrogen-bond donors (Lipinski definition) is 0. The van der Waals surface area contributed by atoms with Crippen molar-refractivity contribution in [3.8, 4) is 0 Å². The minimum Gasteiger partial charge on any atom is -0.366 e. The molecule has 2 aliphatic carbocycles. The summed E-state index contributed by atoms with van der Waals surface area (Å²) in [5.74, 6) is 0. The quantitative estimate of drug-likeness (QED) is 0.597. The minimum atomic E-state index is 0.274. The van der Waals surface area contributed by atoms with Crippen LogP contribution in [0, 0.1) is 5.41 Å². The van der Waals surface area contributed by atoms with Gasteiger partial charge in [0.25, 0.3) is 0 Å². The normalized spacial score (nSPS) is 32.7. The van der Waals surface area contributed by atoms with Crippen molar-refractivity contribution in [2.24, 2.45) is 5.41 Å². The van der Waals surface area contributed by atoms with Crippen LogP contribution in [0.1, 0.15) is 65.7 Å². The van der Waals surface area contributed by atoms with Crippen LogP contribution in [0.5, 0.6) is 0 Å². The summed E-state index contributed by atoms with van der Waals surface area (Å²) in [6, 6.07) is 0. The van der Waals surface area contributed by atoms with E-state index in [1.807, 2.05) is 0 Å². The Morgan fingerprint density at radius 2 is 1.83 bits per heavy atom. The highest BCUT2D eigenvalue weighted by Gasteiger charge is 2.39. The molecule has 0 bridgehead atoms. The molecular formula is C17H26O. The van der Waals surface area contributed by atoms with E-state index in [2.05, 4.69) is 26.8 Å². The molecule has 100 valence electrons. The fourth-order valence-electron chi connectivity index (χ4n) is 3.97. The van der Waals surface area contributed by atoms with Gasteiger partial charge in [-0.1, -0.05) is 33.3 Å². The van der Waals surface area contributed by atoms with Crippen LogP contribution in [0.15, 0.2) is 22.8 Å². The van der Waals surface area contributed by atoms with Gasteiger partial charge in [-0.15, -0.1) is 0 Å². The lowest BCUT2D eigenvalue weighted by molar-refractivity contribution is -0.00342. The molecule has 0 radical (unpaired) electrons. The highest BCUT2D eigenvalue weighted by Crippen LogP contribution is 2.47. The highest BCUT2D eigenvalue weighted by atomic mass is 16.5. The number of fused-ring (bicyclic) bond motifs is 2. The third-order valence-electron chi connectivity index (χ3n) is 4.62. The van der Waals surface area contributed by atoms with Crippen molar-refractivity contribution in [1.29, 1.82) is 0 Å². The van der Waals surface area contributed by atoms with E-state index in [1.54, 1.807) is 16.7 Å². The Morgan fingerprint density at radius 1 is 1.06 bits per heavy atom. The Hall–Kier alpha value is -0.560. The zero-order chi connectivity index (χ0) is 12.8. The fraction of sp³-hybridized carbons (Fsp3) is 0.765. The van der Waals surface area contributed by atoms with Gasteiger partial charge in [0.15, 0.2) is 0 Å². The Labute approximate surface area is 111 Å². The maximum atomic E-state index is 6.39. The van der Waals surface area contributed by atoms with Crippen LogP contribution in [-0.2, 0) is 4.74 Å². The first-order chi connectivity index (χ1) is 8.57. The summed E-state index contributed by atoms with van der Waals surface area (Å²) in [4.78, 5) is 0. The van der Waals surface area contributed by atoms with Gasteiger partial charge in [-0.25, -0.2) is 0 Å². The molecule has 0 saturated heterocycles. The van der Waals surface area contributed by atoms with Gasteiger partial charge in [-0.3, -0.25) is 0 Å². The molecule has 1 aliphatic heterocycles. The second-order valence-corrected chi connectivity index (χ2v) is 7.10. The van der Waals surface area contributed by atoms with E-state index < -0.39 is 0 Å². The third-order valence-corrected chi connectivity index (χ3v) is 4.62. The standard InChI is InChI=1S/C17H26O/c1-17(2,3)16-12-8-4-6-10-14(12)18-15-11-7-5-9-13(15)16/h8,14-15H,4-7,9-11H2,1-3H3/t14-,15-/m1/s1. The van der Waals surface area contributed by atoms with Crippen molar-refractivity contribution in [1.82, 2.24) is 0 Å². The Balaban J connectivity index is 2.09. The molecule has 0 aromatic rings. The molecule has 0 amide bonds. The van der Waals surface area contributed by atoms with Gasteiger partial charge in [0.05, 0.1) is 12.2 Å². The van der Waals surface area contributed by atoms with Crippen LogP contribution in [0.25, 0.3) is 0 Å². The fourth-order valence-corrected chi connectivity index (χ4v) is 3.97. The summed E-state index contributed by atoms with van der Waals surface area (Å²) in [5, 5.41) is 0. The Kier molecular flexibility index (Phi) is 3.13. The molecule has 1 saturated carbocycles. The molecule has 1 nitrogen and oxygen atoms in total. The molecule has 0 spiro atoms. The average molecular weight is 246 g/mol. The average Bonchev–Trinajstić information content (AvgIpc) is 2.34. The predicted octanol–water partition coefficient (Wildman–Crippen LogP) is 4.78. The molecular weight excluding hydrogens is 220 g/mol.